The number of rotatable bonds is 7. The third-order valence-electron chi connectivity index (χ3n) is 4.92. The second-order valence-electron chi connectivity index (χ2n) is 6.69. The summed E-state index contributed by atoms with van der Waals surface area (Å²) in [6, 6.07) is 17.0. The first-order valence-electron chi connectivity index (χ1n) is 8.96. The first-order valence-corrected chi connectivity index (χ1v) is 8.96. The van der Waals surface area contributed by atoms with Crippen LogP contribution in [0.2, 0.25) is 0 Å². The molecule has 0 radical (unpaired) electrons. The van der Waals surface area contributed by atoms with Crippen LogP contribution in [0.15, 0.2) is 54.6 Å². The first-order chi connectivity index (χ1) is 13.0. The van der Waals surface area contributed by atoms with Crippen LogP contribution in [0.3, 0.4) is 0 Å². The fraction of sp³-hybridized carbons (Fsp3) is 0.286. The van der Waals surface area contributed by atoms with Crippen LogP contribution in [0, 0.1) is 5.92 Å². The van der Waals surface area contributed by atoms with Crippen molar-refractivity contribution in [1.82, 2.24) is 10.6 Å². The molecule has 0 aliphatic heterocycles. The summed E-state index contributed by atoms with van der Waals surface area (Å²) in [6.07, 6.45) is 1.63. The minimum absolute atomic E-state index is 0.0697. The van der Waals surface area contributed by atoms with Crippen molar-refractivity contribution in [2.24, 2.45) is 5.92 Å². The third kappa shape index (κ3) is 4.73. The van der Waals surface area contributed by atoms with Crippen LogP contribution in [0.5, 0.6) is 0 Å². The molecule has 0 saturated heterocycles. The lowest BCUT2D eigenvalue weighted by Gasteiger charge is -2.35. The largest absolute Gasteiger partial charge is 0.480 e. The van der Waals surface area contributed by atoms with Crippen LogP contribution >= 0.6 is 0 Å². The number of carboxylic acids is 1. The van der Waals surface area contributed by atoms with Crippen molar-refractivity contribution < 1.29 is 19.5 Å². The van der Waals surface area contributed by atoms with Crippen LogP contribution < -0.4 is 10.6 Å². The van der Waals surface area contributed by atoms with E-state index in [0.717, 1.165) is 24.0 Å². The quantitative estimate of drug-likeness (QED) is 0.701. The fourth-order valence-electron chi connectivity index (χ4n) is 3.27. The van der Waals surface area contributed by atoms with Crippen molar-refractivity contribution in [3.63, 3.8) is 0 Å². The van der Waals surface area contributed by atoms with Gasteiger partial charge in [-0.05, 0) is 42.0 Å². The second kappa shape index (κ2) is 8.49. The molecule has 0 aromatic heterocycles. The molecule has 1 unspecified atom stereocenters. The molecule has 3 N–H and O–H groups in total. The van der Waals surface area contributed by atoms with Gasteiger partial charge in [0.05, 0.1) is 0 Å². The lowest BCUT2D eigenvalue weighted by molar-refractivity contribution is -0.139. The molecule has 0 bridgehead atoms. The molecule has 27 heavy (non-hydrogen) atoms. The van der Waals surface area contributed by atoms with Crippen molar-refractivity contribution in [1.29, 1.82) is 0 Å². The number of carboxylic acid groups (broad SMARTS) is 1. The number of carbonyl (C=O) groups is 3. The monoisotopic (exact) mass is 366 g/mol. The Labute approximate surface area is 157 Å². The molecule has 140 valence electrons. The van der Waals surface area contributed by atoms with E-state index < -0.39 is 5.97 Å². The van der Waals surface area contributed by atoms with E-state index in [9.17, 15) is 14.4 Å². The lowest BCUT2D eigenvalue weighted by atomic mass is 9.69. The van der Waals surface area contributed by atoms with E-state index in [1.54, 1.807) is 12.1 Å². The molecular weight excluding hydrogens is 344 g/mol. The molecule has 0 spiro atoms. The van der Waals surface area contributed by atoms with Gasteiger partial charge in [-0.25, -0.2) is 0 Å². The van der Waals surface area contributed by atoms with Crippen molar-refractivity contribution in [3.8, 4) is 0 Å². The maximum Gasteiger partial charge on any atom is 0.322 e. The minimum atomic E-state index is -1.05. The van der Waals surface area contributed by atoms with Crippen LogP contribution in [-0.2, 0) is 16.1 Å². The van der Waals surface area contributed by atoms with Gasteiger partial charge < -0.3 is 15.7 Å². The van der Waals surface area contributed by atoms with E-state index >= 15 is 0 Å². The molecule has 6 heteroatoms. The van der Waals surface area contributed by atoms with Crippen molar-refractivity contribution >= 4 is 17.8 Å². The summed E-state index contributed by atoms with van der Waals surface area (Å²) in [5, 5.41) is 14.0. The number of hydrogen-bond donors (Lipinski definition) is 3. The topological polar surface area (TPSA) is 95.5 Å². The molecule has 0 heterocycles. The van der Waals surface area contributed by atoms with E-state index in [1.807, 2.05) is 42.5 Å². The van der Waals surface area contributed by atoms with Crippen molar-refractivity contribution in [3.05, 3.63) is 71.3 Å². The van der Waals surface area contributed by atoms with Gasteiger partial charge in [-0.1, -0.05) is 42.5 Å². The standard InChI is InChI=1S/C21H22N2O4/c24-19(25)13-23-21(27)18-11-10-17(18)15-6-8-16(9-7-15)20(26)22-12-14-4-2-1-3-5-14/h1-9,17-18H,10-13H2,(H,22,26)(H,23,27)(H,24,25)/t17-,18?/m0/s1. The fourth-order valence-corrected chi connectivity index (χ4v) is 3.27. The van der Waals surface area contributed by atoms with Crippen molar-refractivity contribution in [2.75, 3.05) is 6.54 Å². The van der Waals surface area contributed by atoms with E-state index in [1.165, 1.54) is 0 Å². The molecule has 3 rings (SSSR count). The normalized spacial score (nSPS) is 18.2. The highest BCUT2D eigenvalue weighted by atomic mass is 16.4. The molecular formula is C21H22N2O4. The molecule has 2 aromatic rings. The summed E-state index contributed by atoms with van der Waals surface area (Å²) in [5.41, 5.74) is 2.60. The highest BCUT2D eigenvalue weighted by molar-refractivity contribution is 5.94. The Hall–Kier alpha value is -3.15. The Morgan fingerprint density at radius 1 is 0.926 bits per heavy atom. The average molecular weight is 366 g/mol. The molecule has 2 atom stereocenters. The van der Waals surface area contributed by atoms with Crippen LogP contribution in [0.4, 0.5) is 0 Å². The number of nitrogens with one attached hydrogen (secondary N) is 2. The van der Waals surface area contributed by atoms with Crippen LogP contribution in [-0.4, -0.2) is 29.4 Å². The molecule has 1 aliphatic carbocycles. The van der Waals surface area contributed by atoms with Crippen molar-refractivity contribution in [2.45, 2.75) is 25.3 Å². The third-order valence-corrected chi connectivity index (χ3v) is 4.92. The number of amides is 2. The second-order valence-corrected chi connectivity index (χ2v) is 6.69. The van der Waals surface area contributed by atoms with Crippen LogP contribution in [0.1, 0.15) is 40.2 Å². The molecule has 2 aromatic carbocycles. The highest BCUT2D eigenvalue weighted by Crippen LogP contribution is 2.42. The Morgan fingerprint density at radius 3 is 2.22 bits per heavy atom. The number of benzene rings is 2. The summed E-state index contributed by atoms with van der Waals surface area (Å²) >= 11 is 0. The van der Waals surface area contributed by atoms with Crippen LogP contribution in [0.25, 0.3) is 0 Å². The van der Waals surface area contributed by atoms with Gasteiger partial charge in [0, 0.05) is 18.0 Å². The van der Waals surface area contributed by atoms with Gasteiger partial charge in [-0.2, -0.15) is 0 Å². The molecule has 1 saturated carbocycles. The number of carbonyl (C=O) groups excluding carboxylic acids is 2. The average Bonchev–Trinajstić information content (AvgIpc) is 2.65. The van der Waals surface area contributed by atoms with E-state index in [2.05, 4.69) is 10.6 Å². The maximum absolute atomic E-state index is 12.3. The predicted octanol–water partition coefficient (Wildman–Crippen LogP) is 2.31. The summed E-state index contributed by atoms with van der Waals surface area (Å²) < 4.78 is 0. The Balaban J connectivity index is 1.56. The van der Waals surface area contributed by atoms with Gasteiger partial charge in [-0.15, -0.1) is 0 Å². The minimum Gasteiger partial charge on any atom is -0.480 e. The number of hydrogen-bond acceptors (Lipinski definition) is 3. The zero-order chi connectivity index (χ0) is 19.2. The van der Waals surface area contributed by atoms with Gasteiger partial charge in [0.1, 0.15) is 6.54 Å². The van der Waals surface area contributed by atoms with Gasteiger partial charge in [0.15, 0.2) is 0 Å². The Bertz CT molecular complexity index is 818. The van der Waals surface area contributed by atoms with Gasteiger partial charge in [0.25, 0.3) is 5.91 Å². The number of aliphatic carboxylic acids is 1. The summed E-state index contributed by atoms with van der Waals surface area (Å²) in [6.45, 7) is 0.110. The molecule has 2 amide bonds. The van der Waals surface area contributed by atoms with Gasteiger partial charge in [-0.3, -0.25) is 14.4 Å². The SMILES string of the molecule is O=C(O)CNC(=O)C1CC[C@H]1c1ccc(C(=O)NCc2ccccc2)cc1. The van der Waals surface area contributed by atoms with E-state index in [0.29, 0.717) is 12.1 Å². The zero-order valence-corrected chi connectivity index (χ0v) is 14.9. The molecule has 6 nitrogen and oxygen atoms in total. The zero-order valence-electron chi connectivity index (χ0n) is 14.9. The first kappa shape index (κ1) is 18.6. The smallest absolute Gasteiger partial charge is 0.322 e. The van der Waals surface area contributed by atoms with Gasteiger partial charge in [0.2, 0.25) is 5.91 Å². The van der Waals surface area contributed by atoms with E-state index in [4.69, 9.17) is 5.11 Å². The summed E-state index contributed by atoms with van der Waals surface area (Å²) in [7, 11) is 0. The summed E-state index contributed by atoms with van der Waals surface area (Å²) in [4.78, 5) is 34.9. The van der Waals surface area contributed by atoms with Gasteiger partial charge >= 0.3 is 5.97 Å². The highest BCUT2D eigenvalue weighted by Gasteiger charge is 2.37. The summed E-state index contributed by atoms with van der Waals surface area (Å²) in [5.74, 6) is -1.56. The Morgan fingerprint density at radius 2 is 1.63 bits per heavy atom. The Kier molecular flexibility index (Phi) is 5.86. The van der Waals surface area contributed by atoms with E-state index in [-0.39, 0.29) is 30.2 Å². The lowest BCUT2D eigenvalue weighted by Crippen LogP contribution is -2.41. The predicted molar refractivity (Wildman–Crippen MR) is 100 cm³/mol. The molecule has 1 aliphatic rings. The maximum atomic E-state index is 12.3. The molecule has 1 fully saturated rings.